The van der Waals surface area contributed by atoms with Gasteiger partial charge in [0, 0.05) is 5.92 Å². The fraction of sp³-hybridized carbons (Fsp3) is 0.640. The lowest BCUT2D eigenvalue weighted by atomic mass is 9.64. The van der Waals surface area contributed by atoms with Gasteiger partial charge in [-0.2, -0.15) is 0 Å². The lowest BCUT2D eigenvalue weighted by Gasteiger charge is -2.40. The summed E-state index contributed by atoms with van der Waals surface area (Å²) in [5.41, 5.74) is 4.35. The van der Waals surface area contributed by atoms with Crippen molar-refractivity contribution < 1.29 is 4.79 Å². The van der Waals surface area contributed by atoms with Crippen LogP contribution in [0.2, 0.25) is 0 Å². The number of carbonyl (C=O) groups is 1. The molecule has 0 bridgehead atoms. The molecular weight excluding hydrogens is 316 g/mol. The number of ketones is 1. The first kappa shape index (κ1) is 19.4. The van der Waals surface area contributed by atoms with Crippen LogP contribution in [0, 0.1) is 35.0 Å². The van der Waals surface area contributed by atoms with Crippen LogP contribution in [0.5, 0.6) is 0 Å². The second-order valence-corrected chi connectivity index (χ2v) is 9.71. The van der Waals surface area contributed by atoms with Crippen molar-refractivity contribution in [3.63, 3.8) is 0 Å². The monoisotopic (exact) mass is 352 g/mol. The van der Waals surface area contributed by atoms with Crippen LogP contribution >= 0.6 is 0 Å². The zero-order chi connectivity index (χ0) is 19.1. The Bertz CT molecular complexity index is 685. The maximum atomic E-state index is 12.5. The molecule has 0 heterocycles. The molecule has 3 aliphatic carbocycles. The first-order chi connectivity index (χ1) is 12.2. The minimum Gasteiger partial charge on any atom is -0.294 e. The maximum Gasteiger partial charge on any atom is 0.163 e. The molecule has 0 aromatic rings. The molecule has 6 unspecified atom stereocenters. The van der Waals surface area contributed by atoms with Crippen LogP contribution in [-0.4, -0.2) is 5.78 Å². The van der Waals surface area contributed by atoms with Gasteiger partial charge in [0.2, 0.25) is 0 Å². The van der Waals surface area contributed by atoms with E-state index in [0.29, 0.717) is 23.0 Å². The van der Waals surface area contributed by atoms with Gasteiger partial charge in [0.25, 0.3) is 0 Å². The maximum absolute atomic E-state index is 12.5. The third kappa shape index (κ3) is 3.55. The highest BCUT2D eigenvalue weighted by Gasteiger charge is 2.50. The average molecular weight is 353 g/mol. The second-order valence-electron chi connectivity index (χ2n) is 9.71. The highest BCUT2D eigenvalue weighted by molar-refractivity contribution is 5.97. The minimum absolute atomic E-state index is 0.127. The molecule has 26 heavy (non-hydrogen) atoms. The normalized spacial score (nSPS) is 38.2. The van der Waals surface area contributed by atoms with Gasteiger partial charge in [-0.1, -0.05) is 54.9 Å². The molecule has 0 aromatic carbocycles. The number of allylic oxidation sites excluding steroid dienone is 8. The summed E-state index contributed by atoms with van der Waals surface area (Å²) in [5, 5.41) is 0. The van der Waals surface area contributed by atoms with Crippen LogP contribution in [0.4, 0.5) is 0 Å². The third-order valence-electron chi connectivity index (χ3n) is 7.51. The smallest absolute Gasteiger partial charge is 0.163 e. The van der Waals surface area contributed by atoms with Crippen LogP contribution in [-0.2, 0) is 4.79 Å². The van der Waals surface area contributed by atoms with Crippen molar-refractivity contribution in [1.82, 2.24) is 0 Å². The van der Waals surface area contributed by atoms with Crippen LogP contribution < -0.4 is 0 Å². The Balaban J connectivity index is 1.86. The van der Waals surface area contributed by atoms with E-state index < -0.39 is 0 Å². The summed E-state index contributed by atoms with van der Waals surface area (Å²) in [6, 6.07) is 0. The van der Waals surface area contributed by atoms with E-state index in [0.717, 1.165) is 18.3 Å². The van der Waals surface area contributed by atoms with Gasteiger partial charge in [0.15, 0.2) is 5.78 Å². The Morgan fingerprint density at radius 2 is 2.00 bits per heavy atom. The largest absolute Gasteiger partial charge is 0.294 e. The molecule has 1 heteroatoms. The molecule has 0 amide bonds. The van der Waals surface area contributed by atoms with E-state index in [9.17, 15) is 4.79 Å². The molecule has 142 valence electrons. The summed E-state index contributed by atoms with van der Waals surface area (Å²) in [6.07, 6.45) is 16.2. The Labute approximate surface area is 160 Å². The van der Waals surface area contributed by atoms with Gasteiger partial charge >= 0.3 is 0 Å². The summed E-state index contributed by atoms with van der Waals surface area (Å²) in [4.78, 5) is 12.5. The number of carbonyl (C=O) groups excluding carboxylic acids is 1. The number of hydrogen-bond donors (Lipinski definition) is 0. The Kier molecular flexibility index (Phi) is 5.47. The van der Waals surface area contributed by atoms with Crippen LogP contribution in [0.25, 0.3) is 0 Å². The molecule has 0 aliphatic heterocycles. The van der Waals surface area contributed by atoms with Gasteiger partial charge in [-0.05, 0) is 88.5 Å². The standard InChI is InChI=1S/C25H36O/c1-16(2)8-7-9-17(3)20-12-13-25(6)15-21-19(5)14-23(26)24(21)18(4)10-11-22(20)25/h7-10,14,17,20-22,24H,11-13,15H2,1-6H3. The van der Waals surface area contributed by atoms with Crippen LogP contribution in [0.1, 0.15) is 67.2 Å². The second kappa shape index (κ2) is 7.33. The first-order valence-electron chi connectivity index (χ1n) is 10.4. The van der Waals surface area contributed by atoms with Crippen molar-refractivity contribution in [3.05, 3.63) is 47.1 Å². The van der Waals surface area contributed by atoms with E-state index in [1.807, 2.05) is 6.08 Å². The van der Waals surface area contributed by atoms with E-state index >= 15 is 0 Å². The van der Waals surface area contributed by atoms with Crippen molar-refractivity contribution >= 4 is 5.78 Å². The van der Waals surface area contributed by atoms with E-state index in [4.69, 9.17) is 0 Å². The molecule has 3 rings (SSSR count). The Morgan fingerprint density at radius 3 is 2.69 bits per heavy atom. The van der Waals surface area contributed by atoms with Crippen molar-refractivity contribution in [2.75, 3.05) is 0 Å². The van der Waals surface area contributed by atoms with E-state index in [-0.39, 0.29) is 5.92 Å². The molecule has 0 N–H and O–H groups in total. The predicted octanol–water partition coefficient (Wildman–Crippen LogP) is 6.68. The Morgan fingerprint density at radius 1 is 1.27 bits per heavy atom. The summed E-state index contributed by atoms with van der Waals surface area (Å²) in [6.45, 7) is 13.6. The number of fused-ring (bicyclic) bond motifs is 2. The van der Waals surface area contributed by atoms with Gasteiger partial charge in [-0.3, -0.25) is 4.79 Å². The topological polar surface area (TPSA) is 17.1 Å². The Hall–Kier alpha value is -1.37. The molecule has 0 radical (unpaired) electrons. The highest BCUT2D eigenvalue weighted by atomic mass is 16.1. The quantitative estimate of drug-likeness (QED) is 0.409. The molecular formula is C25H36O. The molecule has 6 atom stereocenters. The average Bonchev–Trinajstić information content (AvgIpc) is 3.00. The summed E-state index contributed by atoms with van der Waals surface area (Å²) >= 11 is 0. The minimum atomic E-state index is 0.127. The lowest BCUT2D eigenvalue weighted by Crippen LogP contribution is -2.34. The number of rotatable bonds is 3. The lowest BCUT2D eigenvalue weighted by molar-refractivity contribution is -0.117. The number of hydrogen-bond acceptors (Lipinski definition) is 1. The summed E-state index contributed by atoms with van der Waals surface area (Å²) in [5.74, 6) is 3.00. The SMILES string of the molecule is CC(C)=CC=CC(C)C1CCC2(C)CC3C(C)=CC(=O)C3C(C)=CCC12. The fourth-order valence-electron chi connectivity index (χ4n) is 5.95. The summed E-state index contributed by atoms with van der Waals surface area (Å²) in [7, 11) is 0. The third-order valence-corrected chi connectivity index (χ3v) is 7.51. The van der Waals surface area contributed by atoms with Gasteiger partial charge in [-0.15, -0.1) is 0 Å². The van der Waals surface area contributed by atoms with Crippen LogP contribution in [0.3, 0.4) is 0 Å². The molecule has 1 nitrogen and oxygen atoms in total. The molecule has 3 aliphatic rings. The van der Waals surface area contributed by atoms with Crippen LogP contribution in [0.15, 0.2) is 47.1 Å². The van der Waals surface area contributed by atoms with Gasteiger partial charge in [0.1, 0.15) is 0 Å². The van der Waals surface area contributed by atoms with E-state index in [1.165, 1.54) is 36.0 Å². The van der Waals surface area contributed by atoms with Crippen molar-refractivity contribution in [2.24, 2.45) is 35.0 Å². The first-order valence-corrected chi connectivity index (χ1v) is 10.4. The van der Waals surface area contributed by atoms with Gasteiger partial charge in [0.05, 0.1) is 0 Å². The zero-order valence-corrected chi connectivity index (χ0v) is 17.5. The predicted molar refractivity (Wildman–Crippen MR) is 111 cm³/mol. The molecule has 0 spiro atoms. The summed E-state index contributed by atoms with van der Waals surface area (Å²) < 4.78 is 0. The molecule has 0 aromatic heterocycles. The van der Waals surface area contributed by atoms with Crippen molar-refractivity contribution in [3.8, 4) is 0 Å². The van der Waals surface area contributed by atoms with Crippen molar-refractivity contribution in [2.45, 2.75) is 67.2 Å². The van der Waals surface area contributed by atoms with E-state index in [2.05, 4.69) is 65.8 Å². The van der Waals surface area contributed by atoms with Gasteiger partial charge in [-0.25, -0.2) is 0 Å². The molecule has 1 saturated carbocycles. The fourth-order valence-corrected chi connectivity index (χ4v) is 5.95. The van der Waals surface area contributed by atoms with Gasteiger partial charge < -0.3 is 0 Å². The molecule has 1 fully saturated rings. The van der Waals surface area contributed by atoms with E-state index in [1.54, 1.807) is 0 Å². The molecule has 0 saturated heterocycles. The highest BCUT2D eigenvalue weighted by Crippen LogP contribution is 2.58. The van der Waals surface area contributed by atoms with Crippen molar-refractivity contribution in [1.29, 1.82) is 0 Å². The zero-order valence-electron chi connectivity index (χ0n) is 17.5.